The summed E-state index contributed by atoms with van der Waals surface area (Å²) >= 11 is 0. The Morgan fingerprint density at radius 2 is 1.96 bits per heavy atom. The molecule has 4 heteroatoms. The number of likely N-dealkylation sites (tertiary alicyclic amines) is 1. The number of halogens is 1. The number of amides is 1. The molecule has 1 N–H and O–H groups in total. The van der Waals surface area contributed by atoms with E-state index in [2.05, 4.69) is 34.5 Å². The molecule has 2 aliphatic rings. The number of hydrogen-bond acceptors (Lipinski definition) is 2. The first-order valence-corrected chi connectivity index (χ1v) is 8.04. The lowest BCUT2D eigenvalue weighted by molar-refractivity contribution is 0.0950. The van der Waals surface area contributed by atoms with E-state index < -0.39 is 0 Å². The number of nitrogens with zero attached hydrogens (tertiary/aromatic N) is 1. The number of hydrogen-bond donors (Lipinski definition) is 1. The molecule has 0 radical (unpaired) electrons. The van der Waals surface area contributed by atoms with E-state index in [1.807, 2.05) is 6.07 Å². The minimum Gasteiger partial charge on any atom is -0.352 e. The molecule has 0 saturated carbocycles. The van der Waals surface area contributed by atoms with Gasteiger partial charge in [-0.15, -0.1) is 0 Å². The molecule has 1 fully saturated rings. The van der Waals surface area contributed by atoms with Crippen LogP contribution in [0.1, 0.15) is 27.4 Å². The Hall–Kier alpha value is -2.20. The Morgan fingerprint density at radius 3 is 2.78 bits per heavy atom. The fourth-order valence-electron chi connectivity index (χ4n) is 3.86. The molecule has 0 unspecified atom stereocenters. The molecule has 1 amide bonds. The lowest BCUT2D eigenvalue weighted by Crippen LogP contribution is -2.29. The fraction of sp³-hybridized carbons (Fsp3) is 0.316. The molecule has 2 aromatic carbocycles. The van der Waals surface area contributed by atoms with E-state index in [0.717, 1.165) is 25.2 Å². The molecule has 0 spiro atoms. The lowest BCUT2D eigenvalue weighted by Gasteiger charge is -2.17. The van der Waals surface area contributed by atoms with E-state index in [0.29, 0.717) is 18.0 Å². The van der Waals surface area contributed by atoms with Crippen molar-refractivity contribution in [3.63, 3.8) is 0 Å². The summed E-state index contributed by atoms with van der Waals surface area (Å²) in [6, 6.07) is 15.0. The van der Waals surface area contributed by atoms with Crippen LogP contribution in [0.25, 0.3) is 0 Å². The predicted octanol–water partition coefficient (Wildman–Crippen LogP) is 2.78. The Balaban J connectivity index is 1.60. The summed E-state index contributed by atoms with van der Waals surface area (Å²) in [5.74, 6) is 0.169. The number of benzene rings is 2. The standard InChI is InChI=1S/C19H19FN2O/c20-15-6-7-16-17(8-15)19(23)21-9-14-11-22(12-18(14)16)10-13-4-2-1-3-5-13/h1-8,14,18H,9-12H2,(H,21,23)/t14-,18-/m1/s1. The minimum absolute atomic E-state index is 0.150. The quantitative estimate of drug-likeness (QED) is 0.925. The van der Waals surface area contributed by atoms with Crippen molar-refractivity contribution in [2.75, 3.05) is 19.6 Å². The molecule has 3 nitrogen and oxygen atoms in total. The van der Waals surface area contributed by atoms with Crippen LogP contribution >= 0.6 is 0 Å². The predicted molar refractivity (Wildman–Crippen MR) is 86.7 cm³/mol. The third kappa shape index (κ3) is 2.75. The van der Waals surface area contributed by atoms with Gasteiger partial charge in [0.15, 0.2) is 0 Å². The summed E-state index contributed by atoms with van der Waals surface area (Å²) in [7, 11) is 0. The minimum atomic E-state index is -0.350. The van der Waals surface area contributed by atoms with Crippen molar-refractivity contribution in [3.05, 3.63) is 71.0 Å². The number of nitrogens with one attached hydrogen (secondary N) is 1. The summed E-state index contributed by atoms with van der Waals surface area (Å²) < 4.78 is 13.5. The summed E-state index contributed by atoms with van der Waals surface area (Å²) in [6.45, 7) is 3.44. The largest absolute Gasteiger partial charge is 0.352 e. The van der Waals surface area contributed by atoms with E-state index in [1.54, 1.807) is 6.07 Å². The van der Waals surface area contributed by atoms with Crippen LogP contribution in [-0.4, -0.2) is 30.4 Å². The Kier molecular flexibility index (Phi) is 3.62. The second kappa shape index (κ2) is 5.78. The maximum Gasteiger partial charge on any atom is 0.251 e. The SMILES string of the molecule is O=C1NC[C@@H]2CN(Cc3ccccc3)C[C@H]2c2ccc(F)cc21. The van der Waals surface area contributed by atoms with Crippen LogP contribution < -0.4 is 5.32 Å². The van der Waals surface area contributed by atoms with Gasteiger partial charge in [0.05, 0.1) is 0 Å². The van der Waals surface area contributed by atoms with Crippen LogP contribution in [0.5, 0.6) is 0 Å². The zero-order chi connectivity index (χ0) is 15.8. The van der Waals surface area contributed by atoms with E-state index in [-0.39, 0.29) is 17.6 Å². The molecule has 2 aromatic rings. The maximum atomic E-state index is 13.5. The zero-order valence-corrected chi connectivity index (χ0v) is 12.8. The van der Waals surface area contributed by atoms with Gasteiger partial charge in [-0.05, 0) is 29.2 Å². The zero-order valence-electron chi connectivity index (χ0n) is 12.8. The molecule has 0 bridgehead atoms. The van der Waals surface area contributed by atoms with Gasteiger partial charge in [-0.1, -0.05) is 36.4 Å². The number of carbonyl (C=O) groups is 1. The topological polar surface area (TPSA) is 32.3 Å². The van der Waals surface area contributed by atoms with E-state index in [4.69, 9.17) is 0 Å². The Morgan fingerprint density at radius 1 is 1.13 bits per heavy atom. The van der Waals surface area contributed by atoms with Gasteiger partial charge in [0.25, 0.3) is 5.91 Å². The van der Waals surface area contributed by atoms with Crippen LogP contribution in [0.15, 0.2) is 48.5 Å². The monoisotopic (exact) mass is 310 g/mol. The first kappa shape index (κ1) is 14.4. The van der Waals surface area contributed by atoms with Gasteiger partial charge in [-0.25, -0.2) is 4.39 Å². The van der Waals surface area contributed by atoms with Crippen LogP contribution in [0.2, 0.25) is 0 Å². The summed E-state index contributed by atoms with van der Waals surface area (Å²) in [5, 5.41) is 2.95. The highest BCUT2D eigenvalue weighted by molar-refractivity contribution is 5.96. The molecule has 0 aromatic heterocycles. The fourth-order valence-corrected chi connectivity index (χ4v) is 3.86. The third-order valence-corrected chi connectivity index (χ3v) is 4.95. The molecule has 2 aliphatic heterocycles. The van der Waals surface area contributed by atoms with Crippen molar-refractivity contribution in [2.45, 2.75) is 12.5 Å². The molecule has 2 atom stereocenters. The second-order valence-corrected chi connectivity index (χ2v) is 6.49. The van der Waals surface area contributed by atoms with Crippen molar-refractivity contribution >= 4 is 5.91 Å². The van der Waals surface area contributed by atoms with E-state index in [1.165, 1.54) is 17.7 Å². The number of rotatable bonds is 2. The van der Waals surface area contributed by atoms with Gasteiger partial charge < -0.3 is 5.32 Å². The highest BCUT2D eigenvalue weighted by atomic mass is 19.1. The number of fused-ring (bicyclic) bond motifs is 3. The van der Waals surface area contributed by atoms with Crippen molar-refractivity contribution in [2.24, 2.45) is 5.92 Å². The van der Waals surface area contributed by atoms with Crippen LogP contribution in [0.4, 0.5) is 4.39 Å². The van der Waals surface area contributed by atoms with Gasteiger partial charge in [-0.2, -0.15) is 0 Å². The average Bonchev–Trinajstić information content (AvgIpc) is 2.91. The van der Waals surface area contributed by atoms with Crippen molar-refractivity contribution in [1.29, 1.82) is 0 Å². The molecular weight excluding hydrogens is 291 g/mol. The van der Waals surface area contributed by atoms with Crippen LogP contribution in [0, 0.1) is 11.7 Å². The third-order valence-electron chi connectivity index (χ3n) is 4.95. The van der Waals surface area contributed by atoms with Crippen molar-refractivity contribution in [1.82, 2.24) is 10.2 Å². The van der Waals surface area contributed by atoms with Crippen LogP contribution in [-0.2, 0) is 6.54 Å². The normalized spacial score (nSPS) is 23.8. The summed E-state index contributed by atoms with van der Waals surface area (Å²) in [4.78, 5) is 14.6. The molecule has 0 aliphatic carbocycles. The van der Waals surface area contributed by atoms with Gasteiger partial charge in [0, 0.05) is 37.7 Å². The molecule has 2 heterocycles. The Bertz CT molecular complexity index is 731. The van der Waals surface area contributed by atoms with Gasteiger partial charge in [0.2, 0.25) is 0 Å². The van der Waals surface area contributed by atoms with Crippen molar-refractivity contribution in [3.8, 4) is 0 Å². The average molecular weight is 310 g/mol. The van der Waals surface area contributed by atoms with Gasteiger partial charge in [0.1, 0.15) is 5.82 Å². The first-order valence-electron chi connectivity index (χ1n) is 8.04. The molecular formula is C19H19FN2O. The second-order valence-electron chi connectivity index (χ2n) is 6.49. The van der Waals surface area contributed by atoms with Gasteiger partial charge in [-0.3, -0.25) is 9.69 Å². The van der Waals surface area contributed by atoms with Crippen LogP contribution in [0.3, 0.4) is 0 Å². The molecule has 4 rings (SSSR count). The molecule has 118 valence electrons. The Labute approximate surface area is 135 Å². The number of carbonyl (C=O) groups excluding carboxylic acids is 1. The maximum absolute atomic E-state index is 13.5. The van der Waals surface area contributed by atoms with Crippen molar-refractivity contribution < 1.29 is 9.18 Å². The molecule has 23 heavy (non-hydrogen) atoms. The highest BCUT2D eigenvalue weighted by Gasteiger charge is 2.38. The molecule has 1 saturated heterocycles. The summed E-state index contributed by atoms with van der Waals surface area (Å²) in [5.41, 5.74) is 2.79. The van der Waals surface area contributed by atoms with E-state index >= 15 is 0 Å². The first-order chi connectivity index (χ1) is 11.2. The summed E-state index contributed by atoms with van der Waals surface area (Å²) in [6.07, 6.45) is 0. The lowest BCUT2D eigenvalue weighted by atomic mass is 9.87. The van der Waals surface area contributed by atoms with E-state index in [9.17, 15) is 9.18 Å². The highest BCUT2D eigenvalue weighted by Crippen LogP contribution is 2.36. The van der Waals surface area contributed by atoms with Gasteiger partial charge >= 0.3 is 0 Å². The smallest absolute Gasteiger partial charge is 0.251 e.